The largest absolute Gasteiger partial charge is 0.416 e. The molecule has 1 heterocycles. The number of benzene rings is 1. The number of alkyl halides is 3. The first-order chi connectivity index (χ1) is 9.91. The Bertz CT molecular complexity index is 504. The molecule has 0 bridgehead atoms. The van der Waals surface area contributed by atoms with Gasteiger partial charge in [0.2, 0.25) is 5.91 Å². The van der Waals surface area contributed by atoms with Crippen LogP contribution in [0.1, 0.15) is 11.1 Å². The highest BCUT2D eigenvalue weighted by Crippen LogP contribution is 2.29. The molecule has 2 rings (SSSR count). The SMILES string of the molecule is CNC(=O)C1CNCCN1Cc1cccc(C(F)(F)F)c1. The molecular weight excluding hydrogens is 283 g/mol. The lowest BCUT2D eigenvalue weighted by atomic mass is 10.1. The molecule has 0 aliphatic carbocycles. The van der Waals surface area contributed by atoms with E-state index in [1.165, 1.54) is 6.07 Å². The van der Waals surface area contributed by atoms with Crippen molar-refractivity contribution >= 4 is 5.91 Å². The Balaban J connectivity index is 2.14. The van der Waals surface area contributed by atoms with Crippen LogP contribution in [0.2, 0.25) is 0 Å². The second-order valence-electron chi connectivity index (χ2n) is 5.00. The fourth-order valence-electron chi connectivity index (χ4n) is 2.44. The number of halogens is 3. The smallest absolute Gasteiger partial charge is 0.358 e. The molecule has 1 atom stereocenters. The molecule has 2 N–H and O–H groups in total. The van der Waals surface area contributed by atoms with Crippen LogP contribution in [0.3, 0.4) is 0 Å². The second kappa shape index (κ2) is 6.44. The van der Waals surface area contributed by atoms with Gasteiger partial charge in [0, 0.05) is 33.2 Å². The summed E-state index contributed by atoms with van der Waals surface area (Å²) < 4.78 is 38.2. The lowest BCUT2D eigenvalue weighted by molar-refractivity contribution is -0.137. The molecule has 21 heavy (non-hydrogen) atoms. The number of likely N-dealkylation sites (N-methyl/N-ethyl adjacent to an activating group) is 1. The van der Waals surface area contributed by atoms with E-state index in [1.54, 1.807) is 13.1 Å². The number of piperazine rings is 1. The first-order valence-corrected chi connectivity index (χ1v) is 6.74. The number of hydrogen-bond acceptors (Lipinski definition) is 3. The third-order valence-corrected chi connectivity index (χ3v) is 3.54. The maximum Gasteiger partial charge on any atom is 0.416 e. The molecule has 116 valence electrons. The number of hydrogen-bond donors (Lipinski definition) is 2. The summed E-state index contributed by atoms with van der Waals surface area (Å²) >= 11 is 0. The van der Waals surface area contributed by atoms with Crippen molar-refractivity contribution in [3.8, 4) is 0 Å². The van der Waals surface area contributed by atoms with Crippen LogP contribution >= 0.6 is 0 Å². The summed E-state index contributed by atoms with van der Waals surface area (Å²) in [4.78, 5) is 13.7. The minimum Gasteiger partial charge on any atom is -0.358 e. The van der Waals surface area contributed by atoms with Crippen molar-refractivity contribution < 1.29 is 18.0 Å². The molecule has 0 spiro atoms. The zero-order chi connectivity index (χ0) is 15.5. The van der Waals surface area contributed by atoms with Gasteiger partial charge in [-0.2, -0.15) is 13.2 Å². The molecule has 1 aliphatic rings. The van der Waals surface area contributed by atoms with Crippen molar-refractivity contribution in [3.05, 3.63) is 35.4 Å². The zero-order valence-electron chi connectivity index (χ0n) is 11.7. The van der Waals surface area contributed by atoms with Crippen molar-refractivity contribution in [1.29, 1.82) is 0 Å². The van der Waals surface area contributed by atoms with Crippen molar-refractivity contribution in [2.24, 2.45) is 0 Å². The molecule has 1 aromatic rings. The van der Waals surface area contributed by atoms with Crippen LogP contribution in [0.15, 0.2) is 24.3 Å². The fourth-order valence-corrected chi connectivity index (χ4v) is 2.44. The first kappa shape index (κ1) is 15.8. The standard InChI is InChI=1S/C14H18F3N3O/c1-18-13(21)12-8-19-5-6-20(12)9-10-3-2-4-11(7-10)14(15,16)17/h2-4,7,12,19H,5-6,8-9H2,1H3,(H,18,21). The molecule has 0 saturated carbocycles. The molecule has 7 heteroatoms. The van der Waals surface area contributed by atoms with E-state index in [2.05, 4.69) is 10.6 Å². The van der Waals surface area contributed by atoms with E-state index < -0.39 is 11.7 Å². The molecular formula is C14H18F3N3O. The van der Waals surface area contributed by atoms with E-state index in [1.807, 2.05) is 4.90 Å². The van der Waals surface area contributed by atoms with Gasteiger partial charge < -0.3 is 10.6 Å². The highest BCUT2D eigenvalue weighted by atomic mass is 19.4. The number of rotatable bonds is 3. The normalized spacial score (nSPS) is 20.3. The molecule has 1 aliphatic heterocycles. The molecule has 0 radical (unpaired) electrons. The zero-order valence-corrected chi connectivity index (χ0v) is 11.7. The van der Waals surface area contributed by atoms with Crippen LogP contribution in [-0.4, -0.2) is 43.5 Å². The minimum atomic E-state index is -4.35. The van der Waals surface area contributed by atoms with E-state index in [4.69, 9.17) is 0 Å². The van der Waals surface area contributed by atoms with Gasteiger partial charge in [-0.1, -0.05) is 18.2 Å². The minimum absolute atomic E-state index is 0.130. The average Bonchev–Trinajstić information content (AvgIpc) is 2.46. The average molecular weight is 301 g/mol. The van der Waals surface area contributed by atoms with Gasteiger partial charge in [0.1, 0.15) is 6.04 Å². The van der Waals surface area contributed by atoms with E-state index in [0.29, 0.717) is 31.7 Å². The van der Waals surface area contributed by atoms with Crippen molar-refractivity contribution in [3.63, 3.8) is 0 Å². The highest BCUT2D eigenvalue weighted by Gasteiger charge is 2.31. The number of nitrogens with one attached hydrogen (secondary N) is 2. The maximum absolute atomic E-state index is 12.7. The summed E-state index contributed by atoms with van der Waals surface area (Å²) in [6.07, 6.45) is -4.35. The Morgan fingerprint density at radius 3 is 2.90 bits per heavy atom. The van der Waals surface area contributed by atoms with Gasteiger partial charge in [0.15, 0.2) is 0 Å². The quantitative estimate of drug-likeness (QED) is 0.882. The Labute approximate surface area is 121 Å². The molecule has 1 aromatic carbocycles. The predicted octanol–water partition coefficient (Wildman–Crippen LogP) is 1.23. The van der Waals surface area contributed by atoms with Crippen LogP contribution in [0.5, 0.6) is 0 Å². The number of nitrogens with zero attached hydrogens (tertiary/aromatic N) is 1. The summed E-state index contributed by atoms with van der Waals surface area (Å²) in [5.41, 5.74) is -0.104. The Morgan fingerprint density at radius 2 is 2.24 bits per heavy atom. The van der Waals surface area contributed by atoms with Crippen LogP contribution in [0.4, 0.5) is 13.2 Å². The highest BCUT2D eigenvalue weighted by molar-refractivity contribution is 5.81. The van der Waals surface area contributed by atoms with Crippen molar-refractivity contribution in [2.45, 2.75) is 18.8 Å². The van der Waals surface area contributed by atoms with Crippen LogP contribution in [0.25, 0.3) is 0 Å². The van der Waals surface area contributed by atoms with E-state index in [9.17, 15) is 18.0 Å². The van der Waals surface area contributed by atoms with Crippen molar-refractivity contribution in [1.82, 2.24) is 15.5 Å². The van der Waals surface area contributed by atoms with E-state index in [-0.39, 0.29) is 11.9 Å². The van der Waals surface area contributed by atoms with Gasteiger partial charge >= 0.3 is 6.18 Å². The molecule has 0 aromatic heterocycles. The van der Waals surface area contributed by atoms with E-state index in [0.717, 1.165) is 12.1 Å². The fraction of sp³-hybridized carbons (Fsp3) is 0.500. The van der Waals surface area contributed by atoms with Crippen LogP contribution in [0, 0.1) is 0 Å². The Kier molecular flexibility index (Phi) is 4.84. The molecule has 1 fully saturated rings. The van der Waals surface area contributed by atoms with Crippen LogP contribution < -0.4 is 10.6 Å². The summed E-state index contributed by atoms with van der Waals surface area (Å²) in [6.45, 7) is 2.16. The van der Waals surface area contributed by atoms with Gasteiger partial charge in [-0.05, 0) is 11.6 Å². The summed E-state index contributed by atoms with van der Waals surface area (Å²) in [7, 11) is 1.55. The topological polar surface area (TPSA) is 44.4 Å². The van der Waals surface area contributed by atoms with Gasteiger partial charge in [-0.15, -0.1) is 0 Å². The van der Waals surface area contributed by atoms with Gasteiger partial charge in [0.05, 0.1) is 5.56 Å². The molecule has 1 saturated heterocycles. The number of carbonyl (C=O) groups is 1. The summed E-state index contributed by atoms with van der Waals surface area (Å²) in [6, 6.07) is 4.88. The van der Waals surface area contributed by atoms with Gasteiger partial charge in [0.25, 0.3) is 0 Å². The van der Waals surface area contributed by atoms with Gasteiger partial charge in [-0.3, -0.25) is 9.69 Å². The summed E-state index contributed by atoms with van der Waals surface area (Å²) in [5, 5.41) is 5.70. The first-order valence-electron chi connectivity index (χ1n) is 6.74. The van der Waals surface area contributed by atoms with E-state index >= 15 is 0 Å². The Hall–Kier alpha value is -1.60. The number of carbonyl (C=O) groups excluding carboxylic acids is 1. The predicted molar refractivity (Wildman–Crippen MR) is 72.6 cm³/mol. The number of amides is 1. The van der Waals surface area contributed by atoms with Crippen molar-refractivity contribution in [2.75, 3.05) is 26.7 Å². The monoisotopic (exact) mass is 301 g/mol. The lowest BCUT2D eigenvalue weighted by Crippen LogP contribution is -2.56. The third-order valence-electron chi connectivity index (χ3n) is 3.54. The maximum atomic E-state index is 12.7. The second-order valence-corrected chi connectivity index (χ2v) is 5.00. The lowest BCUT2D eigenvalue weighted by Gasteiger charge is -2.35. The Morgan fingerprint density at radius 1 is 1.48 bits per heavy atom. The van der Waals surface area contributed by atoms with Crippen LogP contribution in [-0.2, 0) is 17.5 Å². The molecule has 4 nitrogen and oxygen atoms in total. The molecule has 1 unspecified atom stereocenters. The molecule has 1 amide bonds. The van der Waals surface area contributed by atoms with Gasteiger partial charge in [-0.25, -0.2) is 0 Å². The summed E-state index contributed by atoms with van der Waals surface area (Å²) in [5.74, 6) is -0.130. The third kappa shape index (κ3) is 3.95.